The number of fused-ring (bicyclic) bond motifs is 1. The van der Waals surface area contributed by atoms with E-state index in [0.29, 0.717) is 5.69 Å². The molecule has 1 aromatic carbocycles. The molecule has 2 rings (SSSR count). The average molecular weight is 159 g/mol. The number of aromatic nitrogens is 2. The molecule has 12 heavy (non-hydrogen) atoms. The standard InChI is InChI=1S/C9H9N3/c1-2-12-6-7-4-3-5-8(10)9(7)11-12/h2-6H,1,10H2. The predicted molar refractivity (Wildman–Crippen MR) is 50.5 cm³/mol. The van der Waals surface area contributed by atoms with E-state index in [9.17, 15) is 0 Å². The van der Waals surface area contributed by atoms with Crippen LogP contribution in [0.4, 0.5) is 5.69 Å². The molecule has 0 fully saturated rings. The molecule has 3 nitrogen and oxygen atoms in total. The molecule has 0 unspecified atom stereocenters. The lowest BCUT2D eigenvalue weighted by Crippen LogP contribution is -1.87. The highest BCUT2D eigenvalue weighted by atomic mass is 15.3. The molecule has 0 radical (unpaired) electrons. The van der Waals surface area contributed by atoms with Gasteiger partial charge in [0.2, 0.25) is 0 Å². The van der Waals surface area contributed by atoms with Crippen LogP contribution in [0.5, 0.6) is 0 Å². The smallest absolute Gasteiger partial charge is 0.116 e. The lowest BCUT2D eigenvalue weighted by atomic mass is 10.2. The van der Waals surface area contributed by atoms with Gasteiger partial charge in [0, 0.05) is 17.8 Å². The number of nitrogens with zero attached hydrogens (tertiary/aromatic N) is 2. The van der Waals surface area contributed by atoms with Crippen molar-refractivity contribution in [2.45, 2.75) is 0 Å². The molecule has 0 aliphatic rings. The summed E-state index contributed by atoms with van der Waals surface area (Å²) in [7, 11) is 0. The molecule has 1 aromatic heterocycles. The van der Waals surface area contributed by atoms with Crippen LogP contribution in [0.3, 0.4) is 0 Å². The van der Waals surface area contributed by atoms with Crippen LogP contribution in [-0.4, -0.2) is 9.78 Å². The molecule has 0 saturated heterocycles. The van der Waals surface area contributed by atoms with Crippen molar-refractivity contribution in [2.75, 3.05) is 5.73 Å². The maximum Gasteiger partial charge on any atom is 0.116 e. The van der Waals surface area contributed by atoms with Gasteiger partial charge in [-0.3, -0.25) is 0 Å². The minimum Gasteiger partial charge on any atom is -0.397 e. The monoisotopic (exact) mass is 159 g/mol. The van der Waals surface area contributed by atoms with E-state index in [-0.39, 0.29) is 0 Å². The minimum atomic E-state index is 0.702. The van der Waals surface area contributed by atoms with Gasteiger partial charge in [0.1, 0.15) is 5.52 Å². The van der Waals surface area contributed by atoms with Crippen LogP contribution >= 0.6 is 0 Å². The zero-order valence-corrected chi connectivity index (χ0v) is 6.57. The van der Waals surface area contributed by atoms with Gasteiger partial charge in [0.15, 0.2) is 0 Å². The first-order chi connectivity index (χ1) is 5.81. The summed E-state index contributed by atoms with van der Waals surface area (Å²) in [6.45, 7) is 3.62. The van der Waals surface area contributed by atoms with E-state index in [4.69, 9.17) is 5.73 Å². The summed E-state index contributed by atoms with van der Waals surface area (Å²) in [5.74, 6) is 0. The van der Waals surface area contributed by atoms with Crippen molar-refractivity contribution in [3.05, 3.63) is 31.0 Å². The van der Waals surface area contributed by atoms with E-state index in [1.165, 1.54) is 0 Å². The zero-order valence-electron chi connectivity index (χ0n) is 6.57. The third kappa shape index (κ3) is 0.871. The second-order valence-electron chi connectivity index (χ2n) is 2.58. The summed E-state index contributed by atoms with van der Waals surface area (Å²) in [5.41, 5.74) is 7.25. The second-order valence-corrected chi connectivity index (χ2v) is 2.58. The summed E-state index contributed by atoms with van der Waals surface area (Å²) in [5, 5.41) is 5.24. The molecule has 0 spiro atoms. The molecule has 3 heteroatoms. The average Bonchev–Trinajstić information content (AvgIpc) is 2.49. The van der Waals surface area contributed by atoms with Crippen molar-refractivity contribution < 1.29 is 0 Å². The first-order valence-corrected chi connectivity index (χ1v) is 3.67. The Morgan fingerprint density at radius 2 is 2.33 bits per heavy atom. The van der Waals surface area contributed by atoms with Gasteiger partial charge in [-0.05, 0) is 6.07 Å². The van der Waals surface area contributed by atoms with Gasteiger partial charge in [-0.2, -0.15) is 5.10 Å². The molecule has 60 valence electrons. The highest BCUT2D eigenvalue weighted by Gasteiger charge is 2.00. The Morgan fingerprint density at radius 1 is 1.50 bits per heavy atom. The van der Waals surface area contributed by atoms with E-state index >= 15 is 0 Å². The number of nitrogens with two attached hydrogens (primary N) is 1. The van der Waals surface area contributed by atoms with Crippen LogP contribution in [0.1, 0.15) is 0 Å². The van der Waals surface area contributed by atoms with Crippen molar-refractivity contribution in [3.63, 3.8) is 0 Å². The van der Waals surface area contributed by atoms with Crippen LogP contribution in [0, 0.1) is 0 Å². The van der Waals surface area contributed by atoms with Crippen molar-refractivity contribution in [1.82, 2.24) is 9.78 Å². The van der Waals surface area contributed by atoms with Gasteiger partial charge in [-0.15, -0.1) is 0 Å². The largest absolute Gasteiger partial charge is 0.397 e. The van der Waals surface area contributed by atoms with Crippen LogP contribution < -0.4 is 5.73 Å². The zero-order chi connectivity index (χ0) is 8.55. The highest BCUT2D eigenvalue weighted by molar-refractivity contribution is 5.89. The molecule has 0 aliphatic heterocycles. The van der Waals surface area contributed by atoms with Crippen molar-refractivity contribution in [2.24, 2.45) is 0 Å². The maximum atomic E-state index is 5.71. The third-order valence-electron chi connectivity index (χ3n) is 1.77. The summed E-state index contributed by atoms with van der Waals surface area (Å²) in [4.78, 5) is 0. The van der Waals surface area contributed by atoms with Gasteiger partial charge in [0.05, 0.1) is 5.69 Å². The van der Waals surface area contributed by atoms with Crippen LogP contribution in [0.2, 0.25) is 0 Å². The van der Waals surface area contributed by atoms with E-state index in [2.05, 4.69) is 11.7 Å². The fourth-order valence-electron chi connectivity index (χ4n) is 1.18. The van der Waals surface area contributed by atoms with E-state index in [1.54, 1.807) is 10.9 Å². The third-order valence-corrected chi connectivity index (χ3v) is 1.77. The van der Waals surface area contributed by atoms with E-state index in [1.807, 2.05) is 24.4 Å². The van der Waals surface area contributed by atoms with Crippen molar-refractivity contribution in [1.29, 1.82) is 0 Å². The molecule has 0 saturated carbocycles. The summed E-state index contributed by atoms with van der Waals surface area (Å²) < 4.78 is 1.65. The summed E-state index contributed by atoms with van der Waals surface area (Å²) in [6.07, 6.45) is 3.53. The van der Waals surface area contributed by atoms with Gasteiger partial charge in [-0.1, -0.05) is 18.7 Å². The van der Waals surface area contributed by atoms with Crippen LogP contribution in [-0.2, 0) is 0 Å². The van der Waals surface area contributed by atoms with E-state index < -0.39 is 0 Å². The number of rotatable bonds is 1. The van der Waals surface area contributed by atoms with Crippen LogP contribution in [0.15, 0.2) is 31.0 Å². The van der Waals surface area contributed by atoms with Crippen molar-refractivity contribution in [3.8, 4) is 0 Å². The molecular formula is C9H9N3. The number of benzene rings is 1. The lowest BCUT2D eigenvalue weighted by Gasteiger charge is -1.90. The number of hydrogen-bond acceptors (Lipinski definition) is 2. The Kier molecular flexibility index (Phi) is 1.37. The number of anilines is 1. The Morgan fingerprint density at radius 3 is 3.00 bits per heavy atom. The topological polar surface area (TPSA) is 43.8 Å². The Hall–Kier alpha value is -1.77. The fraction of sp³-hybridized carbons (Fsp3) is 0. The molecule has 0 amide bonds. The Labute approximate surface area is 70.1 Å². The molecule has 2 N–H and O–H groups in total. The molecule has 0 bridgehead atoms. The van der Waals surface area contributed by atoms with Crippen LogP contribution in [0.25, 0.3) is 17.1 Å². The number of nitrogen functional groups attached to an aromatic ring is 1. The first kappa shape index (κ1) is 6.91. The van der Waals surface area contributed by atoms with Gasteiger partial charge in [-0.25, -0.2) is 4.68 Å². The molecule has 1 heterocycles. The van der Waals surface area contributed by atoms with Crippen molar-refractivity contribution >= 4 is 22.8 Å². The normalized spacial score (nSPS) is 10.3. The minimum absolute atomic E-state index is 0.702. The molecule has 0 aliphatic carbocycles. The lowest BCUT2D eigenvalue weighted by molar-refractivity contribution is 0.956. The van der Waals surface area contributed by atoms with Gasteiger partial charge < -0.3 is 5.73 Å². The quantitative estimate of drug-likeness (QED) is 0.644. The summed E-state index contributed by atoms with van der Waals surface area (Å²) in [6, 6.07) is 5.72. The molecular weight excluding hydrogens is 150 g/mol. The molecule has 0 atom stereocenters. The van der Waals surface area contributed by atoms with Gasteiger partial charge >= 0.3 is 0 Å². The number of hydrogen-bond donors (Lipinski definition) is 1. The molecule has 2 aromatic rings. The fourth-order valence-corrected chi connectivity index (χ4v) is 1.18. The Balaban J connectivity index is 2.82. The van der Waals surface area contributed by atoms with Gasteiger partial charge in [0.25, 0.3) is 0 Å². The highest BCUT2D eigenvalue weighted by Crippen LogP contribution is 2.18. The first-order valence-electron chi connectivity index (χ1n) is 3.67. The predicted octanol–water partition coefficient (Wildman–Crippen LogP) is 1.72. The Bertz CT molecular complexity index is 428. The maximum absolute atomic E-state index is 5.71. The van der Waals surface area contributed by atoms with E-state index in [0.717, 1.165) is 10.9 Å². The second kappa shape index (κ2) is 2.37. The SMILES string of the molecule is C=Cn1cc2cccc(N)c2n1. The summed E-state index contributed by atoms with van der Waals surface area (Å²) >= 11 is 0.